The van der Waals surface area contributed by atoms with E-state index in [9.17, 15) is 18.0 Å². The van der Waals surface area contributed by atoms with Crippen LogP contribution in [0.4, 0.5) is 13.2 Å². The Morgan fingerprint density at radius 3 is 2.58 bits per heavy atom. The summed E-state index contributed by atoms with van der Waals surface area (Å²) in [5.74, 6) is -2.45. The van der Waals surface area contributed by atoms with Crippen molar-refractivity contribution in [2.24, 2.45) is 11.3 Å². The van der Waals surface area contributed by atoms with Crippen molar-refractivity contribution in [1.82, 2.24) is 14.9 Å². The van der Waals surface area contributed by atoms with E-state index in [2.05, 4.69) is 9.97 Å². The number of amides is 1. The van der Waals surface area contributed by atoms with E-state index in [0.717, 1.165) is 11.1 Å². The van der Waals surface area contributed by atoms with Crippen LogP contribution in [0.2, 0.25) is 0 Å². The number of carboxylic acids is 1. The van der Waals surface area contributed by atoms with E-state index in [1.54, 1.807) is 24.7 Å². The Hall–Kier alpha value is -3.05. The van der Waals surface area contributed by atoms with Crippen molar-refractivity contribution < 1.29 is 37.3 Å². The second-order valence-corrected chi connectivity index (χ2v) is 8.13. The molecule has 2 fully saturated rings. The average Bonchev–Trinajstić information content (AvgIpc) is 3.32. The van der Waals surface area contributed by atoms with Gasteiger partial charge in [0.05, 0.1) is 26.4 Å². The summed E-state index contributed by atoms with van der Waals surface area (Å²) in [6.45, 7) is 5.78. The molecular formula is C22H24F3N3O5. The second-order valence-electron chi connectivity index (χ2n) is 8.13. The first-order valence-electron chi connectivity index (χ1n) is 10.2. The Morgan fingerprint density at radius 2 is 1.97 bits per heavy atom. The van der Waals surface area contributed by atoms with E-state index < -0.39 is 12.1 Å². The molecule has 0 spiro atoms. The van der Waals surface area contributed by atoms with Crippen LogP contribution in [0.3, 0.4) is 0 Å². The summed E-state index contributed by atoms with van der Waals surface area (Å²) >= 11 is 0. The number of ether oxygens (including phenoxy) is 2. The van der Waals surface area contributed by atoms with Crippen LogP contribution in [0.5, 0.6) is 0 Å². The van der Waals surface area contributed by atoms with Crippen molar-refractivity contribution in [2.75, 3.05) is 32.9 Å². The highest BCUT2D eigenvalue weighted by Crippen LogP contribution is 2.42. The lowest BCUT2D eigenvalue weighted by Gasteiger charge is -2.26. The standard InChI is InChI=1S/C20H23N3O3.C2HF3O2/c1-15-2-3-18(22-8-15)19(24)23-9-17-11-26-14-20(17,12-23)13-25-10-16-4-6-21-7-5-16;3-2(4,5)1(6)7/h2-8,17H,9-14H2,1H3;(H,6,7)/t17-,20-;/m1./s1. The summed E-state index contributed by atoms with van der Waals surface area (Å²) in [5, 5.41) is 7.12. The molecule has 4 heterocycles. The summed E-state index contributed by atoms with van der Waals surface area (Å²) in [4.78, 5) is 31.9. The average molecular weight is 467 g/mol. The van der Waals surface area contributed by atoms with Gasteiger partial charge >= 0.3 is 12.1 Å². The van der Waals surface area contributed by atoms with Crippen LogP contribution in [0, 0.1) is 18.3 Å². The van der Waals surface area contributed by atoms with Crippen molar-refractivity contribution in [2.45, 2.75) is 19.7 Å². The minimum Gasteiger partial charge on any atom is -0.475 e. The minimum atomic E-state index is -5.08. The Labute approximate surface area is 188 Å². The number of carbonyl (C=O) groups is 2. The molecule has 2 atom stereocenters. The Bertz CT molecular complexity index is 956. The fourth-order valence-corrected chi connectivity index (χ4v) is 3.80. The number of rotatable bonds is 5. The van der Waals surface area contributed by atoms with Crippen LogP contribution in [-0.2, 0) is 20.9 Å². The van der Waals surface area contributed by atoms with Crippen molar-refractivity contribution in [3.05, 3.63) is 59.7 Å². The van der Waals surface area contributed by atoms with Gasteiger partial charge in [0, 0.05) is 43.0 Å². The molecule has 0 bridgehead atoms. The molecule has 2 aliphatic rings. The number of pyridine rings is 2. The Morgan fingerprint density at radius 1 is 1.27 bits per heavy atom. The topological polar surface area (TPSA) is 102 Å². The van der Waals surface area contributed by atoms with Crippen LogP contribution < -0.4 is 0 Å². The third-order valence-corrected chi connectivity index (χ3v) is 5.59. The SMILES string of the molecule is Cc1ccc(C(=O)N2C[C@@H]3COC[C@]3(COCc3ccncc3)C2)nc1.O=C(O)C(F)(F)F. The predicted molar refractivity (Wildman–Crippen MR) is 109 cm³/mol. The molecule has 4 rings (SSSR count). The number of carbonyl (C=O) groups excluding carboxylic acids is 1. The van der Waals surface area contributed by atoms with Gasteiger partial charge in [-0.05, 0) is 36.2 Å². The van der Waals surface area contributed by atoms with Gasteiger partial charge in [0.15, 0.2) is 0 Å². The molecule has 0 saturated carbocycles. The van der Waals surface area contributed by atoms with Gasteiger partial charge in [-0.1, -0.05) is 6.07 Å². The lowest BCUT2D eigenvalue weighted by molar-refractivity contribution is -0.192. The van der Waals surface area contributed by atoms with Gasteiger partial charge in [0.25, 0.3) is 5.91 Å². The molecule has 1 N–H and O–H groups in total. The number of likely N-dealkylation sites (tertiary alicyclic amines) is 1. The van der Waals surface area contributed by atoms with E-state index in [1.165, 1.54) is 0 Å². The molecule has 0 aliphatic carbocycles. The van der Waals surface area contributed by atoms with Crippen LogP contribution in [-0.4, -0.2) is 70.9 Å². The number of hydrogen-bond acceptors (Lipinski definition) is 6. The number of aliphatic carboxylic acids is 1. The highest BCUT2D eigenvalue weighted by molar-refractivity contribution is 5.92. The summed E-state index contributed by atoms with van der Waals surface area (Å²) in [7, 11) is 0. The van der Waals surface area contributed by atoms with Crippen LogP contribution in [0.15, 0.2) is 42.9 Å². The Kier molecular flexibility index (Phi) is 7.65. The third kappa shape index (κ3) is 6.26. The Balaban J connectivity index is 0.000000383. The zero-order chi connectivity index (χ0) is 24.1. The molecule has 11 heteroatoms. The van der Waals surface area contributed by atoms with Gasteiger partial charge in [-0.15, -0.1) is 0 Å². The molecule has 2 aliphatic heterocycles. The predicted octanol–water partition coefficient (Wildman–Crippen LogP) is 2.72. The number of nitrogens with zero attached hydrogens (tertiary/aromatic N) is 3. The van der Waals surface area contributed by atoms with Crippen molar-refractivity contribution >= 4 is 11.9 Å². The number of carboxylic acid groups (broad SMARTS) is 1. The molecule has 2 aromatic rings. The molecule has 0 radical (unpaired) electrons. The summed E-state index contributed by atoms with van der Waals surface area (Å²) in [6.07, 6.45) is 0.187. The molecule has 33 heavy (non-hydrogen) atoms. The molecule has 8 nitrogen and oxygen atoms in total. The number of aromatic nitrogens is 2. The maximum Gasteiger partial charge on any atom is 0.490 e. The largest absolute Gasteiger partial charge is 0.490 e. The fraction of sp³-hybridized carbons (Fsp3) is 0.455. The maximum absolute atomic E-state index is 12.8. The van der Waals surface area contributed by atoms with Gasteiger partial charge < -0.3 is 19.5 Å². The van der Waals surface area contributed by atoms with Gasteiger partial charge in [0.2, 0.25) is 0 Å². The summed E-state index contributed by atoms with van der Waals surface area (Å²) in [6, 6.07) is 7.63. The van der Waals surface area contributed by atoms with Crippen LogP contribution in [0.1, 0.15) is 21.6 Å². The molecule has 178 valence electrons. The van der Waals surface area contributed by atoms with E-state index >= 15 is 0 Å². The summed E-state index contributed by atoms with van der Waals surface area (Å²) in [5.41, 5.74) is 2.54. The first-order valence-corrected chi connectivity index (χ1v) is 10.2. The van der Waals surface area contributed by atoms with Crippen LogP contribution >= 0.6 is 0 Å². The number of fused-ring (bicyclic) bond motifs is 1. The molecule has 2 saturated heterocycles. The van der Waals surface area contributed by atoms with Gasteiger partial charge in [0.1, 0.15) is 5.69 Å². The first kappa shape index (κ1) is 24.6. The second kappa shape index (κ2) is 10.3. The summed E-state index contributed by atoms with van der Waals surface area (Å²) < 4.78 is 43.5. The number of halogens is 3. The highest BCUT2D eigenvalue weighted by Gasteiger charge is 2.52. The fourth-order valence-electron chi connectivity index (χ4n) is 3.80. The minimum absolute atomic E-state index is 0.00657. The normalized spacial score (nSPS) is 21.8. The smallest absolute Gasteiger partial charge is 0.475 e. The molecule has 0 aromatic carbocycles. The lowest BCUT2D eigenvalue weighted by Crippen LogP contribution is -2.37. The molecule has 2 aromatic heterocycles. The molecular weight excluding hydrogens is 443 g/mol. The van der Waals surface area contributed by atoms with E-state index in [4.69, 9.17) is 19.4 Å². The van der Waals surface area contributed by atoms with Crippen LogP contribution in [0.25, 0.3) is 0 Å². The molecule has 1 amide bonds. The quantitative estimate of drug-likeness (QED) is 0.722. The van der Waals surface area contributed by atoms with E-state index in [0.29, 0.717) is 51.1 Å². The number of alkyl halides is 3. The highest BCUT2D eigenvalue weighted by atomic mass is 19.4. The van der Waals surface area contributed by atoms with E-state index in [1.807, 2.05) is 30.0 Å². The van der Waals surface area contributed by atoms with Gasteiger partial charge in [-0.3, -0.25) is 14.8 Å². The number of hydrogen-bond donors (Lipinski definition) is 1. The monoisotopic (exact) mass is 467 g/mol. The third-order valence-electron chi connectivity index (χ3n) is 5.59. The van der Waals surface area contributed by atoms with Crippen molar-refractivity contribution in [3.63, 3.8) is 0 Å². The first-order chi connectivity index (χ1) is 15.6. The van der Waals surface area contributed by atoms with Crippen molar-refractivity contribution in [1.29, 1.82) is 0 Å². The molecule has 0 unspecified atom stereocenters. The van der Waals surface area contributed by atoms with Gasteiger partial charge in [-0.25, -0.2) is 4.79 Å². The van der Waals surface area contributed by atoms with Gasteiger partial charge in [-0.2, -0.15) is 13.2 Å². The zero-order valence-corrected chi connectivity index (χ0v) is 17.9. The maximum atomic E-state index is 12.8. The lowest BCUT2D eigenvalue weighted by atomic mass is 9.82. The van der Waals surface area contributed by atoms with Crippen molar-refractivity contribution in [3.8, 4) is 0 Å². The zero-order valence-electron chi connectivity index (χ0n) is 17.9. The number of aryl methyl sites for hydroxylation is 1. The van der Waals surface area contributed by atoms with E-state index in [-0.39, 0.29) is 11.3 Å².